The zero-order valence-corrected chi connectivity index (χ0v) is 9.72. The second-order valence-corrected chi connectivity index (χ2v) is 3.98. The van der Waals surface area contributed by atoms with Crippen LogP contribution < -0.4 is 17.0 Å². The van der Waals surface area contributed by atoms with E-state index >= 15 is 0 Å². The van der Waals surface area contributed by atoms with Gasteiger partial charge in [-0.15, -0.1) is 0 Å². The zero-order valence-electron chi connectivity index (χ0n) is 8.97. The Bertz CT molecular complexity index is 502. The number of hydrogen-bond donors (Lipinski definition) is 3. The van der Waals surface area contributed by atoms with Crippen molar-refractivity contribution in [3.05, 3.63) is 53.1 Å². The number of rotatable bonds is 3. The number of benzene rings is 1. The molecule has 0 amide bonds. The van der Waals surface area contributed by atoms with E-state index in [4.69, 9.17) is 23.2 Å². The average Bonchev–Trinajstić information content (AvgIpc) is 2.34. The summed E-state index contributed by atoms with van der Waals surface area (Å²) >= 11 is 5.85. The van der Waals surface area contributed by atoms with Gasteiger partial charge < -0.3 is 5.73 Å². The first kappa shape index (κ1) is 11.8. The average molecular weight is 250 g/mol. The van der Waals surface area contributed by atoms with Crippen LogP contribution >= 0.6 is 11.6 Å². The first-order valence-corrected chi connectivity index (χ1v) is 5.36. The van der Waals surface area contributed by atoms with Gasteiger partial charge in [-0.2, -0.15) is 0 Å². The summed E-state index contributed by atoms with van der Waals surface area (Å²) in [5, 5.41) is 0.589. The van der Waals surface area contributed by atoms with Crippen molar-refractivity contribution in [1.82, 2.24) is 15.4 Å². The number of nitrogens with one attached hydrogen (secondary N) is 1. The lowest BCUT2D eigenvalue weighted by molar-refractivity contribution is 0.633. The minimum Gasteiger partial charge on any atom is -0.398 e. The van der Waals surface area contributed by atoms with E-state index in [-0.39, 0.29) is 6.04 Å². The van der Waals surface area contributed by atoms with E-state index in [1.807, 2.05) is 6.07 Å². The van der Waals surface area contributed by atoms with E-state index < -0.39 is 0 Å². The molecular weight excluding hydrogens is 238 g/mol. The van der Waals surface area contributed by atoms with Crippen LogP contribution in [0.15, 0.2) is 36.9 Å². The summed E-state index contributed by atoms with van der Waals surface area (Å²) in [6.45, 7) is 0. The smallest absolute Gasteiger partial charge is 0.115 e. The predicted octanol–water partition coefficient (Wildman–Crippen LogP) is 1.26. The second kappa shape index (κ2) is 5.09. The van der Waals surface area contributed by atoms with Crippen molar-refractivity contribution in [3.8, 4) is 0 Å². The van der Waals surface area contributed by atoms with Crippen LogP contribution in [-0.4, -0.2) is 9.97 Å². The highest BCUT2D eigenvalue weighted by atomic mass is 35.5. The Morgan fingerprint density at radius 1 is 1.24 bits per heavy atom. The first-order chi connectivity index (χ1) is 8.22. The van der Waals surface area contributed by atoms with Crippen LogP contribution in [0.5, 0.6) is 0 Å². The quantitative estimate of drug-likeness (QED) is 0.433. The van der Waals surface area contributed by atoms with Crippen LogP contribution in [0.2, 0.25) is 5.02 Å². The fraction of sp³-hybridized carbons (Fsp3) is 0.0909. The summed E-state index contributed by atoms with van der Waals surface area (Å²) in [5.74, 6) is 5.55. The van der Waals surface area contributed by atoms with Gasteiger partial charge in [-0.3, -0.25) is 5.84 Å². The molecule has 6 heteroatoms. The molecule has 1 atom stereocenters. The SMILES string of the molecule is NNC(c1cncnc1)c1ccc(Cl)cc1N. The molecule has 88 valence electrons. The summed E-state index contributed by atoms with van der Waals surface area (Å²) in [6, 6.07) is 5.02. The molecule has 0 spiro atoms. The number of aromatic nitrogens is 2. The maximum absolute atomic E-state index is 5.91. The molecule has 0 radical (unpaired) electrons. The van der Waals surface area contributed by atoms with Crippen LogP contribution in [0, 0.1) is 0 Å². The Hall–Kier alpha value is -1.69. The minimum atomic E-state index is -0.256. The van der Waals surface area contributed by atoms with E-state index in [2.05, 4.69) is 15.4 Å². The number of nitrogens with zero attached hydrogens (tertiary/aromatic N) is 2. The Kier molecular flexibility index (Phi) is 3.53. The van der Waals surface area contributed by atoms with Crippen LogP contribution in [0.3, 0.4) is 0 Å². The normalized spacial score (nSPS) is 12.4. The number of anilines is 1. The molecule has 5 nitrogen and oxygen atoms in total. The van der Waals surface area contributed by atoms with Crippen molar-refractivity contribution in [2.24, 2.45) is 5.84 Å². The van der Waals surface area contributed by atoms with Crippen LogP contribution in [-0.2, 0) is 0 Å². The molecule has 0 fully saturated rings. The van der Waals surface area contributed by atoms with Crippen molar-refractivity contribution < 1.29 is 0 Å². The third-order valence-corrected chi connectivity index (χ3v) is 2.68. The monoisotopic (exact) mass is 249 g/mol. The standard InChI is InChI=1S/C11H12ClN5/c12-8-1-2-9(10(13)3-8)11(17-14)7-4-15-6-16-5-7/h1-6,11,17H,13-14H2. The van der Waals surface area contributed by atoms with Gasteiger partial charge in [0, 0.05) is 28.7 Å². The Morgan fingerprint density at radius 3 is 2.53 bits per heavy atom. The Labute approximate surface area is 104 Å². The summed E-state index contributed by atoms with van der Waals surface area (Å²) in [7, 11) is 0. The van der Waals surface area contributed by atoms with Crippen molar-refractivity contribution in [3.63, 3.8) is 0 Å². The molecule has 17 heavy (non-hydrogen) atoms. The summed E-state index contributed by atoms with van der Waals surface area (Å²) < 4.78 is 0. The molecule has 0 aliphatic carbocycles. The van der Waals surface area contributed by atoms with Gasteiger partial charge >= 0.3 is 0 Å². The summed E-state index contributed by atoms with van der Waals surface area (Å²) in [5.41, 5.74) is 10.9. The molecule has 1 unspecified atom stereocenters. The molecule has 0 bridgehead atoms. The molecule has 1 heterocycles. The lowest BCUT2D eigenvalue weighted by Crippen LogP contribution is -2.29. The third-order valence-electron chi connectivity index (χ3n) is 2.44. The van der Waals surface area contributed by atoms with Gasteiger partial charge in [0.05, 0.1) is 6.04 Å². The number of hydrogen-bond acceptors (Lipinski definition) is 5. The van der Waals surface area contributed by atoms with Crippen molar-refractivity contribution in [1.29, 1.82) is 0 Å². The maximum Gasteiger partial charge on any atom is 0.115 e. The fourth-order valence-corrected chi connectivity index (χ4v) is 1.81. The maximum atomic E-state index is 5.91. The van der Waals surface area contributed by atoms with E-state index in [0.29, 0.717) is 10.7 Å². The molecule has 2 aromatic rings. The van der Waals surface area contributed by atoms with Crippen LogP contribution in [0.4, 0.5) is 5.69 Å². The van der Waals surface area contributed by atoms with Crippen molar-refractivity contribution >= 4 is 17.3 Å². The number of nitrogens with two attached hydrogens (primary N) is 2. The largest absolute Gasteiger partial charge is 0.398 e. The second-order valence-electron chi connectivity index (χ2n) is 3.54. The Balaban J connectivity index is 2.42. The third kappa shape index (κ3) is 2.52. The lowest BCUT2D eigenvalue weighted by Gasteiger charge is -2.18. The molecule has 1 aromatic carbocycles. The first-order valence-electron chi connectivity index (χ1n) is 4.98. The predicted molar refractivity (Wildman–Crippen MR) is 67.1 cm³/mol. The zero-order chi connectivity index (χ0) is 12.3. The molecular formula is C11H12ClN5. The van der Waals surface area contributed by atoms with Crippen molar-refractivity contribution in [2.45, 2.75) is 6.04 Å². The highest BCUT2D eigenvalue weighted by molar-refractivity contribution is 6.30. The summed E-state index contributed by atoms with van der Waals surface area (Å²) in [6.07, 6.45) is 4.83. The van der Waals surface area contributed by atoms with Gasteiger partial charge in [0.2, 0.25) is 0 Å². The van der Waals surface area contributed by atoms with Crippen LogP contribution in [0.25, 0.3) is 0 Å². The highest BCUT2D eigenvalue weighted by Gasteiger charge is 2.15. The lowest BCUT2D eigenvalue weighted by atomic mass is 10.0. The molecule has 0 saturated heterocycles. The topological polar surface area (TPSA) is 89.8 Å². The number of halogens is 1. The van der Waals surface area contributed by atoms with E-state index in [9.17, 15) is 0 Å². The van der Waals surface area contributed by atoms with E-state index in [0.717, 1.165) is 11.1 Å². The van der Waals surface area contributed by atoms with Crippen LogP contribution in [0.1, 0.15) is 17.2 Å². The number of hydrazine groups is 1. The summed E-state index contributed by atoms with van der Waals surface area (Å²) in [4.78, 5) is 7.91. The van der Waals surface area contributed by atoms with Gasteiger partial charge in [0.15, 0.2) is 0 Å². The Morgan fingerprint density at radius 2 is 1.94 bits per heavy atom. The number of nitrogen functional groups attached to an aromatic ring is 1. The van der Waals surface area contributed by atoms with E-state index in [1.165, 1.54) is 6.33 Å². The van der Waals surface area contributed by atoms with Gasteiger partial charge in [-0.1, -0.05) is 17.7 Å². The fourth-order valence-electron chi connectivity index (χ4n) is 1.63. The van der Waals surface area contributed by atoms with Gasteiger partial charge in [0.1, 0.15) is 6.33 Å². The molecule has 0 saturated carbocycles. The van der Waals surface area contributed by atoms with E-state index in [1.54, 1.807) is 24.5 Å². The highest BCUT2D eigenvalue weighted by Crippen LogP contribution is 2.27. The molecule has 5 N–H and O–H groups in total. The molecule has 1 aromatic heterocycles. The van der Waals surface area contributed by atoms with Gasteiger partial charge in [-0.05, 0) is 17.7 Å². The molecule has 0 aliphatic heterocycles. The van der Waals surface area contributed by atoms with Gasteiger partial charge in [0.25, 0.3) is 0 Å². The molecule has 0 aliphatic rings. The van der Waals surface area contributed by atoms with Gasteiger partial charge in [-0.25, -0.2) is 15.4 Å². The molecule has 2 rings (SSSR count). The minimum absolute atomic E-state index is 0.256. The van der Waals surface area contributed by atoms with Crippen molar-refractivity contribution in [2.75, 3.05) is 5.73 Å².